The van der Waals surface area contributed by atoms with E-state index in [2.05, 4.69) is 19.9 Å². The Balaban J connectivity index is 1.56. The summed E-state index contributed by atoms with van der Waals surface area (Å²) in [7, 11) is -3.82. The highest BCUT2D eigenvalue weighted by atomic mass is 35.5. The summed E-state index contributed by atoms with van der Waals surface area (Å²) >= 11 is 7.35. The van der Waals surface area contributed by atoms with Gasteiger partial charge in [-0.15, -0.1) is 21.5 Å². The first-order valence-corrected chi connectivity index (χ1v) is 10.8. The summed E-state index contributed by atoms with van der Waals surface area (Å²) in [5, 5.41) is 9.72. The highest BCUT2D eigenvalue weighted by Gasteiger charge is 2.26. The van der Waals surface area contributed by atoms with E-state index in [4.69, 9.17) is 11.6 Å². The second-order valence-electron chi connectivity index (χ2n) is 6.03. The Morgan fingerprint density at radius 2 is 2.12 bits per heavy atom. The van der Waals surface area contributed by atoms with E-state index in [1.54, 1.807) is 17.9 Å². The first-order chi connectivity index (χ1) is 12.1. The number of thiazole rings is 1. The molecule has 0 radical (unpaired) electrons. The van der Waals surface area contributed by atoms with Crippen LogP contribution < -0.4 is 4.72 Å². The summed E-state index contributed by atoms with van der Waals surface area (Å²) in [5.74, 6) is 0.609. The third-order valence-corrected chi connectivity index (χ3v) is 7.02. The number of nitrogens with zero attached hydrogens (tertiary/aromatic N) is 5. The number of halogens is 1. The first kappa shape index (κ1) is 17.0. The molecule has 0 aliphatic heterocycles. The maximum Gasteiger partial charge on any atom is 0.260 e. The van der Waals surface area contributed by atoms with E-state index in [1.807, 2.05) is 4.57 Å². The summed E-state index contributed by atoms with van der Waals surface area (Å²) in [5.41, 5.74) is 0. The van der Waals surface area contributed by atoms with Crippen LogP contribution in [-0.4, -0.2) is 32.6 Å². The summed E-state index contributed by atoms with van der Waals surface area (Å²) in [6.45, 7) is 0.0620. The Labute approximate surface area is 153 Å². The molecule has 0 unspecified atom stereocenters. The molecule has 0 atom stereocenters. The fourth-order valence-electron chi connectivity index (χ4n) is 3.26. The minimum absolute atomic E-state index is 0.0342. The lowest BCUT2D eigenvalue weighted by Crippen LogP contribution is -2.27. The van der Waals surface area contributed by atoms with Crippen molar-refractivity contribution in [3.05, 3.63) is 28.9 Å². The minimum Gasteiger partial charge on any atom is -0.313 e. The molecule has 1 saturated carbocycles. The van der Waals surface area contributed by atoms with Crippen molar-refractivity contribution in [3.8, 4) is 0 Å². The molecule has 4 rings (SSSR count). The Morgan fingerprint density at radius 3 is 2.92 bits per heavy atom. The Bertz CT molecular complexity index is 986. The van der Waals surface area contributed by atoms with Gasteiger partial charge < -0.3 is 4.57 Å². The first-order valence-electron chi connectivity index (χ1n) is 8.05. The van der Waals surface area contributed by atoms with E-state index < -0.39 is 10.0 Å². The highest BCUT2D eigenvalue weighted by molar-refractivity contribution is 7.89. The van der Waals surface area contributed by atoms with Crippen LogP contribution in [0.1, 0.15) is 44.0 Å². The minimum atomic E-state index is -3.82. The topological polar surface area (TPSA) is 94.2 Å². The molecule has 0 amide bonds. The smallest absolute Gasteiger partial charge is 0.260 e. The van der Waals surface area contributed by atoms with Crippen LogP contribution in [0.4, 0.5) is 0 Å². The molecule has 0 spiro atoms. The maximum atomic E-state index is 12.7. The van der Waals surface area contributed by atoms with Gasteiger partial charge in [0.2, 0.25) is 0 Å². The number of rotatable bonds is 5. The van der Waals surface area contributed by atoms with Crippen LogP contribution in [0.2, 0.25) is 5.15 Å². The van der Waals surface area contributed by atoms with Crippen LogP contribution in [-0.2, 0) is 16.6 Å². The van der Waals surface area contributed by atoms with Gasteiger partial charge in [0.05, 0.1) is 6.54 Å². The van der Waals surface area contributed by atoms with Gasteiger partial charge in [0.15, 0.2) is 15.1 Å². The number of aromatic nitrogens is 5. The largest absolute Gasteiger partial charge is 0.313 e. The van der Waals surface area contributed by atoms with Crippen molar-refractivity contribution in [2.75, 3.05) is 0 Å². The van der Waals surface area contributed by atoms with E-state index in [9.17, 15) is 8.42 Å². The molecule has 1 fully saturated rings. The molecule has 0 bridgehead atoms. The molecule has 0 aromatic carbocycles. The summed E-state index contributed by atoms with van der Waals surface area (Å²) in [6.07, 6.45) is 9.06. The Hall–Kier alpha value is -1.49. The Morgan fingerprint density at radius 1 is 1.32 bits per heavy atom. The van der Waals surface area contributed by atoms with Crippen molar-refractivity contribution < 1.29 is 8.42 Å². The zero-order chi connectivity index (χ0) is 17.4. The van der Waals surface area contributed by atoms with Crippen molar-refractivity contribution in [1.29, 1.82) is 0 Å². The number of nitrogens with one attached hydrogen (secondary N) is 1. The molecule has 11 heteroatoms. The van der Waals surface area contributed by atoms with E-state index in [-0.39, 0.29) is 16.7 Å². The summed E-state index contributed by atoms with van der Waals surface area (Å²) in [6, 6.07) is 0.338. The van der Waals surface area contributed by atoms with Gasteiger partial charge in [-0.3, -0.25) is 4.40 Å². The molecule has 1 aliphatic carbocycles. The van der Waals surface area contributed by atoms with Crippen molar-refractivity contribution in [2.45, 2.75) is 49.7 Å². The average molecular weight is 401 g/mol. The van der Waals surface area contributed by atoms with Crippen molar-refractivity contribution in [2.24, 2.45) is 0 Å². The van der Waals surface area contributed by atoms with Gasteiger partial charge >= 0.3 is 0 Å². The monoisotopic (exact) mass is 400 g/mol. The molecular formula is C14H17ClN6O2S2. The van der Waals surface area contributed by atoms with Crippen LogP contribution in [0, 0.1) is 0 Å². The molecule has 1 N–H and O–H groups in total. The molecular weight excluding hydrogens is 384 g/mol. The molecule has 25 heavy (non-hydrogen) atoms. The quantitative estimate of drug-likeness (QED) is 0.710. The predicted molar refractivity (Wildman–Crippen MR) is 94.2 cm³/mol. The second kappa shape index (κ2) is 6.67. The van der Waals surface area contributed by atoms with Crippen LogP contribution in [0.3, 0.4) is 0 Å². The fraction of sp³-hybridized carbons (Fsp3) is 0.500. The van der Waals surface area contributed by atoms with Crippen LogP contribution >= 0.6 is 22.9 Å². The van der Waals surface area contributed by atoms with E-state index in [1.165, 1.54) is 35.0 Å². The summed E-state index contributed by atoms with van der Waals surface area (Å²) in [4.78, 5) is 4.61. The summed E-state index contributed by atoms with van der Waals surface area (Å²) < 4.78 is 31.4. The normalized spacial score (nSPS) is 16.7. The second-order valence-corrected chi connectivity index (χ2v) is 8.95. The van der Waals surface area contributed by atoms with Crippen LogP contribution in [0.15, 0.2) is 22.9 Å². The number of imidazole rings is 1. The third-order valence-electron chi connectivity index (χ3n) is 4.47. The number of fused-ring (bicyclic) bond motifs is 1. The van der Waals surface area contributed by atoms with Gasteiger partial charge in [-0.25, -0.2) is 18.1 Å². The third kappa shape index (κ3) is 3.19. The average Bonchev–Trinajstić information content (AvgIpc) is 3.29. The molecule has 3 aromatic rings. The highest BCUT2D eigenvalue weighted by Crippen LogP contribution is 2.29. The van der Waals surface area contributed by atoms with Crippen molar-refractivity contribution >= 4 is 37.9 Å². The molecule has 8 nitrogen and oxygen atoms in total. The van der Waals surface area contributed by atoms with E-state index in [0.717, 1.165) is 12.8 Å². The lowest BCUT2D eigenvalue weighted by molar-refractivity contribution is 0.344. The molecule has 3 heterocycles. The fourth-order valence-corrected chi connectivity index (χ4v) is 5.69. The lowest BCUT2D eigenvalue weighted by Gasteiger charge is -2.24. The van der Waals surface area contributed by atoms with E-state index >= 15 is 0 Å². The van der Waals surface area contributed by atoms with Gasteiger partial charge in [0, 0.05) is 17.6 Å². The molecule has 134 valence electrons. The van der Waals surface area contributed by atoms with Crippen molar-refractivity contribution in [3.63, 3.8) is 0 Å². The Kier molecular flexibility index (Phi) is 4.52. The SMILES string of the molecule is O=S(=O)(NCc1nncn1C1CCCCC1)c1c(Cl)nc2sccn12. The number of hydrogen-bond acceptors (Lipinski definition) is 6. The van der Waals surface area contributed by atoms with Gasteiger partial charge in [-0.05, 0) is 12.8 Å². The number of hydrogen-bond donors (Lipinski definition) is 1. The predicted octanol–water partition coefficient (Wildman–Crippen LogP) is 2.62. The standard InChI is InChI=1S/C14H17ClN6O2S2/c15-12-13(20-6-7-24-14(20)18-12)25(22,23)17-8-11-19-16-9-21(11)10-4-2-1-3-5-10/h6-7,9-10,17H,1-5,8H2. The van der Waals surface area contributed by atoms with Crippen molar-refractivity contribution in [1.82, 2.24) is 28.9 Å². The molecule has 3 aromatic heterocycles. The van der Waals surface area contributed by atoms with Gasteiger partial charge in [-0.1, -0.05) is 30.9 Å². The lowest BCUT2D eigenvalue weighted by atomic mass is 9.95. The van der Waals surface area contributed by atoms with E-state index in [0.29, 0.717) is 16.8 Å². The van der Waals surface area contributed by atoms with Gasteiger partial charge in [0.25, 0.3) is 10.0 Å². The zero-order valence-corrected chi connectivity index (χ0v) is 15.7. The zero-order valence-electron chi connectivity index (χ0n) is 13.3. The van der Waals surface area contributed by atoms with Gasteiger partial charge in [-0.2, -0.15) is 0 Å². The van der Waals surface area contributed by atoms with Crippen LogP contribution in [0.5, 0.6) is 0 Å². The molecule has 1 aliphatic rings. The maximum absolute atomic E-state index is 12.7. The number of sulfonamides is 1. The molecule has 0 saturated heterocycles. The van der Waals surface area contributed by atoms with Crippen LogP contribution in [0.25, 0.3) is 4.96 Å². The van der Waals surface area contributed by atoms with Gasteiger partial charge in [0.1, 0.15) is 12.2 Å².